The minimum Gasteiger partial charge on any atom is -0.381 e. The van der Waals surface area contributed by atoms with Crippen LogP contribution in [0.1, 0.15) is 21.6 Å². The second kappa shape index (κ2) is 8.08. The van der Waals surface area contributed by atoms with E-state index < -0.39 is 17.6 Å². The molecule has 0 aliphatic rings. The summed E-state index contributed by atoms with van der Waals surface area (Å²) in [4.78, 5) is 16.3. The molecule has 0 bridgehead atoms. The van der Waals surface area contributed by atoms with E-state index >= 15 is 0 Å². The summed E-state index contributed by atoms with van der Waals surface area (Å²) < 4.78 is 51.2. The monoisotopic (exact) mass is 389 g/mol. The fraction of sp³-hybridized carbons (Fsp3) is 0.100. The second-order valence-corrected chi connectivity index (χ2v) is 5.94. The number of pyridine rings is 1. The SMILES string of the molecule is O=C(Nc1cccc(C(F)(F)F)c1)c1cc(NCc2ccc(F)cc2)ccn1. The third kappa shape index (κ3) is 5.06. The maximum Gasteiger partial charge on any atom is 0.416 e. The summed E-state index contributed by atoms with van der Waals surface area (Å²) in [6, 6.07) is 13.4. The molecule has 0 spiro atoms. The molecule has 1 aromatic heterocycles. The molecule has 4 nitrogen and oxygen atoms in total. The number of carbonyl (C=O) groups excluding carboxylic acids is 1. The molecule has 0 saturated carbocycles. The Morgan fingerprint density at radius 3 is 2.43 bits per heavy atom. The van der Waals surface area contributed by atoms with Gasteiger partial charge in [-0.1, -0.05) is 18.2 Å². The van der Waals surface area contributed by atoms with Crippen molar-refractivity contribution < 1.29 is 22.4 Å². The molecule has 3 aromatic rings. The van der Waals surface area contributed by atoms with Crippen LogP contribution in [0.2, 0.25) is 0 Å². The fourth-order valence-electron chi connectivity index (χ4n) is 2.44. The lowest BCUT2D eigenvalue weighted by Gasteiger charge is -2.11. The molecule has 144 valence electrons. The van der Waals surface area contributed by atoms with Gasteiger partial charge in [0.05, 0.1) is 5.56 Å². The number of halogens is 4. The van der Waals surface area contributed by atoms with E-state index in [0.717, 1.165) is 17.7 Å². The van der Waals surface area contributed by atoms with Crippen LogP contribution >= 0.6 is 0 Å². The van der Waals surface area contributed by atoms with E-state index in [1.807, 2.05) is 0 Å². The lowest BCUT2D eigenvalue weighted by Crippen LogP contribution is -2.15. The third-order valence-electron chi connectivity index (χ3n) is 3.85. The van der Waals surface area contributed by atoms with Crippen molar-refractivity contribution in [3.63, 3.8) is 0 Å². The molecule has 8 heteroatoms. The van der Waals surface area contributed by atoms with Crippen LogP contribution in [0.4, 0.5) is 28.9 Å². The van der Waals surface area contributed by atoms with E-state index in [0.29, 0.717) is 12.2 Å². The Kier molecular flexibility index (Phi) is 5.58. The average molecular weight is 389 g/mol. The molecule has 0 aliphatic heterocycles. The maximum absolute atomic E-state index is 12.9. The van der Waals surface area contributed by atoms with E-state index in [1.165, 1.54) is 36.5 Å². The Labute approximate surface area is 158 Å². The summed E-state index contributed by atoms with van der Waals surface area (Å²) in [6.45, 7) is 0.402. The lowest BCUT2D eigenvalue weighted by molar-refractivity contribution is -0.137. The molecule has 0 saturated heterocycles. The smallest absolute Gasteiger partial charge is 0.381 e. The van der Waals surface area contributed by atoms with Crippen LogP contribution in [0.25, 0.3) is 0 Å². The van der Waals surface area contributed by atoms with Crippen molar-refractivity contribution in [3.8, 4) is 0 Å². The van der Waals surface area contributed by atoms with Crippen LogP contribution in [-0.2, 0) is 12.7 Å². The van der Waals surface area contributed by atoms with Crippen LogP contribution < -0.4 is 10.6 Å². The van der Waals surface area contributed by atoms with Gasteiger partial charge in [0.1, 0.15) is 11.5 Å². The van der Waals surface area contributed by atoms with Gasteiger partial charge in [0, 0.05) is 24.1 Å². The number of aromatic nitrogens is 1. The summed E-state index contributed by atoms with van der Waals surface area (Å²) in [5, 5.41) is 5.48. The molecular weight excluding hydrogens is 374 g/mol. The van der Waals surface area contributed by atoms with Gasteiger partial charge < -0.3 is 10.6 Å². The van der Waals surface area contributed by atoms with E-state index in [1.54, 1.807) is 18.2 Å². The standard InChI is InChI=1S/C20H15F4N3O/c21-15-6-4-13(5-7-15)12-26-16-8-9-25-18(11-16)19(28)27-17-3-1-2-14(10-17)20(22,23)24/h1-11H,12H2,(H,25,26)(H,27,28). The largest absolute Gasteiger partial charge is 0.416 e. The highest BCUT2D eigenvalue weighted by Gasteiger charge is 2.30. The Morgan fingerprint density at radius 2 is 1.71 bits per heavy atom. The summed E-state index contributed by atoms with van der Waals surface area (Å²) in [7, 11) is 0. The first-order valence-corrected chi connectivity index (χ1v) is 8.24. The number of nitrogens with zero attached hydrogens (tertiary/aromatic N) is 1. The van der Waals surface area contributed by atoms with Gasteiger partial charge in [0.15, 0.2) is 0 Å². The zero-order chi connectivity index (χ0) is 20.1. The van der Waals surface area contributed by atoms with Crippen molar-refractivity contribution in [2.45, 2.75) is 12.7 Å². The van der Waals surface area contributed by atoms with Gasteiger partial charge in [0.25, 0.3) is 5.91 Å². The first-order valence-electron chi connectivity index (χ1n) is 8.24. The Hall–Kier alpha value is -3.42. The molecule has 0 atom stereocenters. The van der Waals surface area contributed by atoms with Gasteiger partial charge in [0.2, 0.25) is 0 Å². The first kappa shape index (κ1) is 19.3. The van der Waals surface area contributed by atoms with Gasteiger partial charge in [-0.2, -0.15) is 13.2 Å². The fourth-order valence-corrected chi connectivity index (χ4v) is 2.44. The Bertz CT molecular complexity index is 972. The molecule has 0 unspecified atom stereocenters. The van der Waals surface area contributed by atoms with Gasteiger partial charge in [-0.3, -0.25) is 9.78 Å². The van der Waals surface area contributed by atoms with Crippen molar-refractivity contribution >= 4 is 17.3 Å². The van der Waals surface area contributed by atoms with Crippen molar-refractivity contribution in [1.29, 1.82) is 0 Å². The summed E-state index contributed by atoms with van der Waals surface area (Å²) in [6.07, 6.45) is -3.09. The molecule has 1 heterocycles. The highest BCUT2D eigenvalue weighted by molar-refractivity contribution is 6.03. The Morgan fingerprint density at radius 1 is 0.964 bits per heavy atom. The van der Waals surface area contributed by atoms with Crippen LogP contribution in [0, 0.1) is 5.82 Å². The molecule has 0 fully saturated rings. The van der Waals surface area contributed by atoms with Gasteiger partial charge in [-0.15, -0.1) is 0 Å². The number of anilines is 2. The highest BCUT2D eigenvalue weighted by atomic mass is 19.4. The maximum atomic E-state index is 12.9. The number of hydrogen-bond acceptors (Lipinski definition) is 3. The van der Waals surface area contributed by atoms with Crippen molar-refractivity contribution in [2.75, 3.05) is 10.6 Å². The van der Waals surface area contributed by atoms with Gasteiger partial charge in [-0.25, -0.2) is 4.39 Å². The van der Waals surface area contributed by atoms with Crippen molar-refractivity contribution in [2.24, 2.45) is 0 Å². The zero-order valence-corrected chi connectivity index (χ0v) is 14.4. The number of hydrogen-bond donors (Lipinski definition) is 2. The van der Waals surface area contributed by atoms with E-state index in [9.17, 15) is 22.4 Å². The topological polar surface area (TPSA) is 54.0 Å². The molecule has 0 aliphatic carbocycles. The lowest BCUT2D eigenvalue weighted by atomic mass is 10.2. The van der Waals surface area contributed by atoms with Crippen LogP contribution in [0.15, 0.2) is 66.9 Å². The quantitative estimate of drug-likeness (QED) is 0.597. The van der Waals surface area contributed by atoms with Crippen LogP contribution in [0.3, 0.4) is 0 Å². The molecule has 1 amide bonds. The summed E-state index contributed by atoms with van der Waals surface area (Å²) in [5.74, 6) is -0.967. The van der Waals surface area contributed by atoms with E-state index in [4.69, 9.17) is 0 Å². The normalized spacial score (nSPS) is 11.1. The Balaban J connectivity index is 1.67. The molecule has 0 radical (unpaired) electrons. The number of rotatable bonds is 5. The number of benzene rings is 2. The highest BCUT2D eigenvalue weighted by Crippen LogP contribution is 2.30. The van der Waals surface area contributed by atoms with Crippen molar-refractivity contribution in [1.82, 2.24) is 4.98 Å². The molecule has 28 heavy (non-hydrogen) atoms. The molecular formula is C20H15F4N3O. The minimum absolute atomic E-state index is 0.0197. The number of amides is 1. The van der Waals surface area contributed by atoms with Crippen molar-refractivity contribution in [3.05, 3.63) is 89.5 Å². The molecule has 2 aromatic carbocycles. The number of alkyl halides is 3. The predicted molar refractivity (Wildman–Crippen MR) is 97.4 cm³/mol. The first-order chi connectivity index (χ1) is 13.3. The zero-order valence-electron chi connectivity index (χ0n) is 14.4. The average Bonchev–Trinajstić information content (AvgIpc) is 2.67. The number of carbonyl (C=O) groups is 1. The van der Waals surface area contributed by atoms with Crippen LogP contribution in [0.5, 0.6) is 0 Å². The summed E-state index contributed by atoms with van der Waals surface area (Å²) in [5.41, 5.74) is 0.641. The second-order valence-electron chi connectivity index (χ2n) is 5.94. The number of nitrogens with one attached hydrogen (secondary N) is 2. The third-order valence-corrected chi connectivity index (χ3v) is 3.85. The molecule has 3 rings (SSSR count). The van der Waals surface area contributed by atoms with Gasteiger partial charge >= 0.3 is 6.18 Å². The van der Waals surface area contributed by atoms with E-state index in [2.05, 4.69) is 15.6 Å². The molecule has 2 N–H and O–H groups in total. The van der Waals surface area contributed by atoms with Crippen LogP contribution in [-0.4, -0.2) is 10.9 Å². The predicted octanol–water partition coefficient (Wildman–Crippen LogP) is 5.10. The minimum atomic E-state index is -4.50. The van der Waals surface area contributed by atoms with Gasteiger partial charge in [-0.05, 0) is 48.0 Å². The summed E-state index contributed by atoms with van der Waals surface area (Å²) >= 11 is 0. The van der Waals surface area contributed by atoms with E-state index in [-0.39, 0.29) is 17.2 Å².